The number of carbonyl (C=O) groups is 2. The van der Waals surface area contributed by atoms with Crippen molar-refractivity contribution in [2.24, 2.45) is 0 Å². The van der Waals surface area contributed by atoms with Crippen LogP contribution in [0.1, 0.15) is 17.3 Å². The maximum Gasteiger partial charge on any atom is 0.339 e. The zero-order chi connectivity index (χ0) is 19.5. The number of carbonyl (C=O) groups excluding carboxylic acids is 2. The molecule has 0 aliphatic heterocycles. The Morgan fingerprint density at radius 3 is 2.46 bits per heavy atom. The van der Waals surface area contributed by atoms with E-state index in [2.05, 4.69) is 30.7 Å². The lowest BCUT2D eigenvalue weighted by Crippen LogP contribution is -2.18. The minimum atomic E-state index is -4.18. The third-order valence-electron chi connectivity index (χ3n) is 3.17. The number of halogens is 2. The van der Waals surface area contributed by atoms with Gasteiger partial charge in [0.25, 0.3) is 10.0 Å². The highest BCUT2D eigenvalue weighted by Crippen LogP contribution is 2.26. The maximum atomic E-state index is 13.7. The minimum absolute atomic E-state index is 0.00823. The molecule has 2 rings (SSSR count). The Hall–Kier alpha value is -2.46. The summed E-state index contributed by atoms with van der Waals surface area (Å²) in [4.78, 5) is 22.7. The molecule has 0 saturated heterocycles. The summed E-state index contributed by atoms with van der Waals surface area (Å²) in [6.07, 6.45) is 0. The van der Waals surface area contributed by atoms with Crippen molar-refractivity contribution in [2.75, 3.05) is 17.1 Å². The molecule has 0 bridgehead atoms. The van der Waals surface area contributed by atoms with Crippen LogP contribution >= 0.6 is 15.9 Å². The molecule has 2 aromatic carbocycles. The summed E-state index contributed by atoms with van der Waals surface area (Å²) in [7, 11) is -3.05. The quantitative estimate of drug-likeness (QED) is 0.689. The number of esters is 1. The van der Waals surface area contributed by atoms with E-state index < -0.39 is 27.7 Å². The van der Waals surface area contributed by atoms with E-state index in [0.717, 1.165) is 19.2 Å². The Morgan fingerprint density at radius 2 is 1.85 bits per heavy atom. The second-order valence-corrected chi connectivity index (χ2v) is 7.68. The Morgan fingerprint density at radius 1 is 1.15 bits per heavy atom. The van der Waals surface area contributed by atoms with Crippen LogP contribution in [0.15, 0.2) is 45.8 Å². The standard InChI is InChI=1S/C16H14BrFN2O5S/c1-9(21)19-14-8-11(4-5-13(14)18)20-26(23,24)15-6-3-10(17)7-12(15)16(22)25-2/h3-8,20H,1-2H3,(H,19,21). The van der Waals surface area contributed by atoms with Crippen LogP contribution in [0, 0.1) is 5.82 Å². The van der Waals surface area contributed by atoms with Gasteiger partial charge in [-0.2, -0.15) is 0 Å². The molecule has 0 unspecified atom stereocenters. The summed E-state index contributed by atoms with van der Waals surface area (Å²) in [5.74, 6) is -2.06. The van der Waals surface area contributed by atoms with Crippen molar-refractivity contribution in [1.82, 2.24) is 0 Å². The molecule has 0 saturated carbocycles. The van der Waals surface area contributed by atoms with Crippen molar-refractivity contribution in [3.05, 3.63) is 52.3 Å². The van der Waals surface area contributed by atoms with Crippen molar-refractivity contribution in [2.45, 2.75) is 11.8 Å². The van der Waals surface area contributed by atoms with Gasteiger partial charge in [0.05, 0.1) is 24.0 Å². The SMILES string of the molecule is COC(=O)c1cc(Br)ccc1S(=O)(=O)Nc1ccc(F)c(NC(C)=O)c1. The van der Waals surface area contributed by atoms with Crippen LogP contribution in [0.25, 0.3) is 0 Å². The summed E-state index contributed by atoms with van der Waals surface area (Å²) in [6.45, 7) is 1.20. The lowest BCUT2D eigenvalue weighted by molar-refractivity contribution is -0.114. The second kappa shape index (κ2) is 7.83. The van der Waals surface area contributed by atoms with Crippen LogP contribution in [0.2, 0.25) is 0 Å². The molecule has 0 atom stereocenters. The Bertz CT molecular complexity index is 979. The van der Waals surface area contributed by atoms with Gasteiger partial charge in [-0.05, 0) is 36.4 Å². The third kappa shape index (κ3) is 4.58. The molecule has 0 spiro atoms. The lowest BCUT2D eigenvalue weighted by Gasteiger charge is -2.13. The van der Waals surface area contributed by atoms with E-state index in [1.807, 2.05) is 0 Å². The molecular weight excluding hydrogens is 431 g/mol. The molecule has 0 aliphatic carbocycles. The van der Waals surface area contributed by atoms with Crippen molar-refractivity contribution in [1.29, 1.82) is 0 Å². The summed E-state index contributed by atoms with van der Waals surface area (Å²) in [6, 6.07) is 7.32. The first kappa shape index (κ1) is 19.9. The molecule has 26 heavy (non-hydrogen) atoms. The number of rotatable bonds is 5. The van der Waals surface area contributed by atoms with Crippen molar-refractivity contribution in [3.63, 3.8) is 0 Å². The van der Waals surface area contributed by atoms with E-state index in [4.69, 9.17) is 0 Å². The van der Waals surface area contributed by atoms with Crippen LogP contribution in [0.5, 0.6) is 0 Å². The predicted octanol–water partition coefficient (Wildman–Crippen LogP) is 3.13. The molecule has 0 heterocycles. The first-order valence-corrected chi connectivity index (χ1v) is 9.39. The number of ether oxygens (including phenoxy) is 1. The smallest absolute Gasteiger partial charge is 0.339 e. The molecule has 0 aromatic heterocycles. The predicted molar refractivity (Wildman–Crippen MR) is 97.0 cm³/mol. The topological polar surface area (TPSA) is 102 Å². The first-order chi connectivity index (χ1) is 12.1. The van der Waals surface area contributed by atoms with Crippen molar-refractivity contribution in [3.8, 4) is 0 Å². The fourth-order valence-corrected chi connectivity index (χ4v) is 3.68. The molecule has 0 radical (unpaired) electrons. The van der Waals surface area contributed by atoms with Gasteiger partial charge in [-0.1, -0.05) is 15.9 Å². The van der Waals surface area contributed by atoms with Gasteiger partial charge in [-0.3, -0.25) is 9.52 Å². The Kier molecular flexibility index (Phi) is 5.98. The van der Waals surface area contributed by atoms with Crippen LogP contribution in [0.3, 0.4) is 0 Å². The molecule has 2 N–H and O–H groups in total. The van der Waals surface area contributed by atoms with E-state index in [1.54, 1.807) is 0 Å². The lowest BCUT2D eigenvalue weighted by atomic mass is 10.2. The zero-order valence-corrected chi connectivity index (χ0v) is 16.1. The van der Waals surface area contributed by atoms with Crippen LogP contribution in [-0.2, 0) is 19.6 Å². The zero-order valence-electron chi connectivity index (χ0n) is 13.7. The highest BCUT2D eigenvalue weighted by atomic mass is 79.9. The van der Waals surface area contributed by atoms with E-state index in [-0.39, 0.29) is 21.8 Å². The van der Waals surface area contributed by atoms with Crippen LogP contribution < -0.4 is 10.0 Å². The van der Waals surface area contributed by atoms with Crippen molar-refractivity contribution < 1.29 is 27.1 Å². The van der Waals surface area contributed by atoms with Crippen LogP contribution in [-0.4, -0.2) is 27.4 Å². The fraction of sp³-hybridized carbons (Fsp3) is 0.125. The summed E-state index contributed by atoms with van der Waals surface area (Å²) >= 11 is 3.16. The van der Waals surface area contributed by atoms with Gasteiger partial charge in [0, 0.05) is 11.4 Å². The molecule has 1 amide bonds. The Labute approximate surface area is 157 Å². The number of benzene rings is 2. The summed E-state index contributed by atoms with van der Waals surface area (Å²) in [5, 5.41) is 2.26. The highest BCUT2D eigenvalue weighted by molar-refractivity contribution is 9.10. The number of sulfonamides is 1. The minimum Gasteiger partial charge on any atom is -0.465 e. The number of methoxy groups -OCH3 is 1. The second-order valence-electron chi connectivity index (χ2n) is 5.11. The molecular formula is C16H14BrFN2O5S. The first-order valence-electron chi connectivity index (χ1n) is 7.12. The number of hydrogen-bond donors (Lipinski definition) is 2. The summed E-state index contributed by atoms with van der Waals surface area (Å²) in [5.41, 5.74) is -0.339. The monoisotopic (exact) mass is 444 g/mol. The van der Waals surface area contributed by atoms with Gasteiger partial charge in [0.1, 0.15) is 10.7 Å². The molecule has 10 heteroatoms. The molecule has 2 aromatic rings. The summed E-state index contributed by atoms with van der Waals surface area (Å²) < 4.78 is 46.3. The number of nitrogens with one attached hydrogen (secondary N) is 2. The van der Waals surface area contributed by atoms with Gasteiger partial charge in [0.15, 0.2) is 0 Å². The average molecular weight is 445 g/mol. The number of hydrogen-bond acceptors (Lipinski definition) is 5. The van der Waals surface area contributed by atoms with Gasteiger partial charge in [-0.15, -0.1) is 0 Å². The van der Waals surface area contributed by atoms with Gasteiger partial charge < -0.3 is 10.1 Å². The van der Waals surface area contributed by atoms with Gasteiger partial charge >= 0.3 is 5.97 Å². The van der Waals surface area contributed by atoms with Gasteiger partial charge in [0.2, 0.25) is 5.91 Å². The maximum absolute atomic E-state index is 13.7. The van der Waals surface area contributed by atoms with Crippen molar-refractivity contribution >= 4 is 49.2 Å². The van der Waals surface area contributed by atoms with E-state index in [1.165, 1.54) is 31.2 Å². The molecule has 0 fully saturated rings. The van der Waals surface area contributed by atoms with Gasteiger partial charge in [-0.25, -0.2) is 17.6 Å². The fourth-order valence-electron chi connectivity index (χ4n) is 2.09. The average Bonchev–Trinajstić information content (AvgIpc) is 2.56. The molecule has 7 nitrogen and oxygen atoms in total. The number of anilines is 2. The largest absolute Gasteiger partial charge is 0.465 e. The third-order valence-corrected chi connectivity index (χ3v) is 5.10. The number of amides is 1. The molecule has 138 valence electrons. The van der Waals surface area contributed by atoms with E-state index >= 15 is 0 Å². The Balaban J connectivity index is 2.44. The van der Waals surface area contributed by atoms with E-state index in [0.29, 0.717) is 4.47 Å². The highest BCUT2D eigenvalue weighted by Gasteiger charge is 2.24. The van der Waals surface area contributed by atoms with E-state index in [9.17, 15) is 22.4 Å². The molecule has 0 aliphatic rings. The normalized spacial score (nSPS) is 10.9. The van der Waals surface area contributed by atoms with Crippen LogP contribution in [0.4, 0.5) is 15.8 Å².